The van der Waals surface area contributed by atoms with E-state index in [4.69, 9.17) is 11.6 Å². The van der Waals surface area contributed by atoms with Crippen LogP contribution in [0.5, 0.6) is 0 Å². The molecule has 66 valence electrons. The molecule has 0 amide bonds. The molecule has 0 spiro atoms. The molecule has 0 bridgehead atoms. The fraction of sp³-hybridized carbons (Fsp3) is 0.455. The van der Waals surface area contributed by atoms with Crippen molar-refractivity contribution in [1.29, 1.82) is 0 Å². The lowest BCUT2D eigenvalue weighted by molar-refractivity contribution is 0.475. The highest BCUT2D eigenvalue weighted by atomic mass is 35.5. The predicted octanol–water partition coefficient (Wildman–Crippen LogP) is 3.80. The van der Waals surface area contributed by atoms with Crippen molar-refractivity contribution in [2.24, 2.45) is 5.92 Å². The first kappa shape index (κ1) is 9.60. The van der Waals surface area contributed by atoms with Gasteiger partial charge < -0.3 is 0 Å². The molecule has 0 aromatic heterocycles. The van der Waals surface area contributed by atoms with E-state index in [1.807, 2.05) is 18.2 Å². The van der Waals surface area contributed by atoms with Gasteiger partial charge in [-0.3, -0.25) is 0 Å². The van der Waals surface area contributed by atoms with Crippen LogP contribution in [0.2, 0.25) is 0 Å². The van der Waals surface area contributed by atoms with Crippen molar-refractivity contribution >= 4 is 11.6 Å². The zero-order chi connectivity index (χ0) is 9.19. The van der Waals surface area contributed by atoms with Gasteiger partial charge in [-0.15, -0.1) is 11.6 Å². The Morgan fingerprint density at radius 2 is 1.67 bits per heavy atom. The molecule has 1 heteroatoms. The number of alkyl halides is 1. The molecule has 0 saturated carbocycles. The fourth-order valence-corrected chi connectivity index (χ4v) is 1.22. The molecular weight excluding hydrogens is 168 g/mol. The Hall–Kier alpha value is -0.490. The summed E-state index contributed by atoms with van der Waals surface area (Å²) in [6.07, 6.45) is 0. The summed E-state index contributed by atoms with van der Waals surface area (Å²) in [6.45, 7) is 6.34. The molecule has 0 N–H and O–H groups in total. The van der Waals surface area contributed by atoms with Gasteiger partial charge in [0, 0.05) is 0 Å². The van der Waals surface area contributed by atoms with Gasteiger partial charge in [-0.05, 0) is 18.4 Å². The van der Waals surface area contributed by atoms with Crippen molar-refractivity contribution in [1.82, 2.24) is 0 Å². The lowest BCUT2D eigenvalue weighted by Crippen LogP contribution is -2.20. The SMILES string of the molecule is CC(C)C(C)(Cl)c1ccccc1. The molecule has 12 heavy (non-hydrogen) atoms. The third-order valence-corrected chi connectivity index (χ3v) is 3.08. The van der Waals surface area contributed by atoms with Crippen molar-refractivity contribution in [3.63, 3.8) is 0 Å². The minimum atomic E-state index is -0.235. The third kappa shape index (κ3) is 1.81. The number of hydrogen-bond donors (Lipinski definition) is 0. The predicted molar refractivity (Wildman–Crippen MR) is 54.5 cm³/mol. The largest absolute Gasteiger partial charge is 0.114 e. The third-order valence-electron chi connectivity index (χ3n) is 2.42. The highest BCUT2D eigenvalue weighted by molar-refractivity contribution is 6.23. The van der Waals surface area contributed by atoms with Gasteiger partial charge >= 0.3 is 0 Å². The topological polar surface area (TPSA) is 0 Å². The van der Waals surface area contributed by atoms with Crippen LogP contribution >= 0.6 is 11.6 Å². The van der Waals surface area contributed by atoms with E-state index in [9.17, 15) is 0 Å². The van der Waals surface area contributed by atoms with Crippen LogP contribution in [0, 0.1) is 5.92 Å². The molecule has 0 aliphatic carbocycles. The molecule has 0 saturated heterocycles. The first-order valence-electron chi connectivity index (χ1n) is 4.29. The Balaban J connectivity index is 2.98. The molecular formula is C11H15Cl. The second-order valence-corrected chi connectivity index (χ2v) is 4.38. The molecule has 0 radical (unpaired) electrons. The Morgan fingerprint density at radius 1 is 1.17 bits per heavy atom. The van der Waals surface area contributed by atoms with Crippen LogP contribution in [0.25, 0.3) is 0 Å². The summed E-state index contributed by atoms with van der Waals surface area (Å²) in [5.41, 5.74) is 1.20. The standard InChI is InChI=1S/C11H15Cl/c1-9(2)11(3,12)10-7-5-4-6-8-10/h4-9H,1-3H3. The molecule has 0 aliphatic heterocycles. The van der Waals surface area contributed by atoms with Gasteiger partial charge in [0.05, 0.1) is 4.87 Å². The zero-order valence-corrected chi connectivity index (χ0v) is 8.60. The molecule has 0 heterocycles. The molecule has 1 rings (SSSR count). The Kier molecular flexibility index (Phi) is 2.79. The van der Waals surface area contributed by atoms with Crippen molar-refractivity contribution in [2.45, 2.75) is 25.6 Å². The highest BCUT2D eigenvalue weighted by Gasteiger charge is 2.26. The summed E-state index contributed by atoms with van der Waals surface area (Å²) >= 11 is 6.40. The van der Waals surface area contributed by atoms with Crippen LogP contribution in [0.4, 0.5) is 0 Å². The van der Waals surface area contributed by atoms with E-state index in [2.05, 4.69) is 32.9 Å². The summed E-state index contributed by atoms with van der Waals surface area (Å²) in [7, 11) is 0. The molecule has 0 fully saturated rings. The molecule has 1 aromatic rings. The van der Waals surface area contributed by atoms with Gasteiger partial charge in [-0.2, -0.15) is 0 Å². The normalized spacial score (nSPS) is 16.1. The Bertz CT molecular complexity index is 236. The van der Waals surface area contributed by atoms with Gasteiger partial charge in [-0.1, -0.05) is 44.2 Å². The van der Waals surface area contributed by atoms with E-state index < -0.39 is 0 Å². The lowest BCUT2D eigenvalue weighted by atomic mass is 9.89. The van der Waals surface area contributed by atoms with Crippen LogP contribution in [0.15, 0.2) is 30.3 Å². The summed E-state index contributed by atoms with van der Waals surface area (Å²) in [6, 6.07) is 10.2. The number of hydrogen-bond acceptors (Lipinski definition) is 0. The zero-order valence-electron chi connectivity index (χ0n) is 7.84. The van der Waals surface area contributed by atoms with E-state index in [0.29, 0.717) is 5.92 Å². The second kappa shape index (κ2) is 3.49. The molecule has 0 nitrogen and oxygen atoms in total. The summed E-state index contributed by atoms with van der Waals surface area (Å²) in [4.78, 5) is -0.235. The molecule has 1 unspecified atom stereocenters. The Labute approximate surface area is 79.6 Å². The molecule has 1 atom stereocenters. The second-order valence-electron chi connectivity index (χ2n) is 3.60. The van der Waals surface area contributed by atoms with E-state index >= 15 is 0 Å². The van der Waals surface area contributed by atoms with E-state index in [1.165, 1.54) is 5.56 Å². The first-order valence-corrected chi connectivity index (χ1v) is 4.67. The van der Waals surface area contributed by atoms with Gasteiger partial charge in [0.15, 0.2) is 0 Å². The molecule has 0 aliphatic rings. The summed E-state index contributed by atoms with van der Waals surface area (Å²) < 4.78 is 0. The van der Waals surface area contributed by atoms with Gasteiger partial charge in [0.1, 0.15) is 0 Å². The smallest absolute Gasteiger partial charge is 0.0689 e. The van der Waals surface area contributed by atoms with Gasteiger partial charge in [0.25, 0.3) is 0 Å². The van der Waals surface area contributed by atoms with Crippen LogP contribution < -0.4 is 0 Å². The van der Waals surface area contributed by atoms with Crippen molar-refractivity contribution in [3.8, 4) is 0 Å². The number of benzene rings is 1. The summed E-state index contributed by atoms with van der Waals surface area (Å²) in [5, 5.41) is 0. The maximum Gasteiger partial charge on any atom is 0.0689 e. The highest BCUT2D eigenvalue weighted by Crippen LogP contribution is 2.35. The van der Waals surface area contributed by atoms with Crippen molar-refractivity contribution in [3.05, 3.63) is 35.9 Å². The average Bonchev–Trinajstić information content (AvgIpc) is 2.06. The minimum absolute atomic E-state index is 0.235. The fourth-order valence-electron chi connectivity index (χ4n) is 1.10. The summed E-state index contributed by atoms with van der Waals surface area (Å²) in [5.74, 6) is 0.446. The van der Waals surface area contributed by atoms with Gasteiger partial charge in [-0.25, -0.2) is 0 Å². The van der Waals surface area contributed by atoms with Crippen LogP contribution in [0.1, 0.15) is 26.3 Å². The average molecular weight is 183 g/mol. The van der Waals surface area contributed by atoms with Crippen molar-refractivity contribution < 1.29 is 0 Å². The minimum Gasteiger partial charge on any atom is -0.114 e. The van der Waals surface area contributed by atoms with Crippen molar-refractivity contribution in [2.75, 3.05) is 0 Å². The van der Waals surface area contributed by atoms with Crippen LogP contribution in [0.3, 0.4) is 0 Å². The first-order chi connectivity index (χ1) is 5.55. The van der Waals surface area contributed by atoms with E-state index in [0.717, 1.165) is 0 Å². The van der Waals surface area contributed by atoms with Gasteiger partial charge in [0.2, 0.25) is 0 Å². The van der Waals surface area contributed by atoms with Crippen LogP contribution in [-0.2, 0) is 4.87 Å². The maximum atomic E-state index is 6.40. The monoisotopic (exact) mass is 182 g/mol. The quantitative estimate of drug-likeness (QED) is 0.611. The lowest BCUT2D eigenvalue weighted by Gasteiger charge is -2.26. The van der Waals surface area contributed by atoms with E-state index in [-0.39, 0.29) is 4.87 Å². The van der Waals surface area contributed by atoms with Crippen LogP contribution in [-0.4, -0.2) is 0 Å². The molecule has 1 aromatic carbocycles. The van der Waals surface area contributed by atoms with E-state index in [1.54, 1.807) is 0 Å². The Morgan fingerprint density at radius 3 is 2.08 bits per heavy atom. The number of halogens is 1. The number of rotatable bonds is 2. The maximum absolute atomic E-state index is 6.40.